The van der Waals surface area contributed by atoms with E-state index in [4.69, 9.17) is 9.47 Å². The molecule has 0 unspecified atom stereocenters. The number of rotatable bonds is 7. The molecule has 142 valence electrons. The summed E-state index contributed by atoms with van der Waals surface area (Å²) in [5, 5.41) is 14.0. The standard InChI is InChI=1S/C17H19N5O4S/c1-3-26-15(23)11-8-18-16(24)20-12(11)9-27-17-21-19-10-22(17)13-6-4-5-7-14(13)25-2/h4-7,10H,3,8-9H2,1-2H3,(H2,18,20,24). The molecule has 0 fully saturated rings. The number of nitrogens with one attached hydrogen (secondary N) is 2. The van der Waals surface area contributed by atoms with E-state index in [1.807, 2.05) is 24.3 Å². The SMILES string of the molecule is CCOC(=O)C1=C(CSc2nncn2-c2ccccc2OC)NC(=O)NC1. The van der Waals surface area contributed by atoms with Crippen molar-refractivity contribution in [1.29, 1.82) is 0 Å². The van der Waals surface area contributed by atoms with Gasteiger partial charge < -0.3 is 20.1 Å². The van der Waals surface area contributed by atoms with E-state index in [0.29, 0.717) is 27.9 Å². The molecule has 0 saturated carbocycles. The molecule has 0 bridgehead atoms. The number of ether oxygens (including phenoxy) is 2. The maximum Gasteiger partial charge on any atom is 0.337 e. The van der Waals surface area contributed by atoms with E-state index in [2.05, 4.69) is 20.8 Å². The Bertz CT molecular complexity index is 880. The fraction of sp³-hybridized carbons (Fsp3) is 0.294. The molecule has 0 radical (unpaired) electrons. The van der Waals surface area contributed by atoms with E-state index in [1.54, 1.807) is 24.9 Å². The number of amides is 2. The molecule has 2 N–H and O–H groups in total. The first-order chi connectivity index (χ1) is 13.1. The lowest BCUT2D eigenvalue weighted by Gasteiger charge is -2.21. The highest BCUT2D eigenvalue weighted by Gasteiger charge is 2.24. The lowest BCUT2D eigenvalue weighted by atomic mass is 10.2. The second-order valence-corrected chi connectivity index (χ2v) is 6.37. The van der Waals surface area contributed by atoms with Crippen LogP contribution in [0.15, 0.2) is 47.0 Å². The monoisotopic (exact) mass is 389 g/mol. The summed E-state index contributed by atoms with van der Waals surface area (Å²) in [4.78, 5) is 23.8. The molecular formula is C17H19N5O4S. The average molecular weight is 389 g/mol. The molecule has 2 aromatic rings. The van der Waals surface area contributed by atoms with Gasteiger partial charge in [0.2, 0.25) is 0 Å². The maximum atomic E-state index is 12.1. The number of esters is 1. The topological polar surface area (TPSA) is 107 Å². The molecule has 1 aliphatic heterocycles. The fourth-order valence-corrected chi connectivity index (χ4v) is 3.43. The van der Waals surface area contributed by atoms with Crippen LogP contribution >= 0.6 is 11.8 Å². The van der Waals surface area contributed by atoms with Gasteiger partial charge in [-0.25, -0.2) is 9.59 Å². The van der Waals surface area contributed by atoms with E-state index in [-0.39, 0.29) is 19.2 Å². The van der Waals surface area contributed by atoms with Crippen LogP contribution in [0.2, 0.25) is 0 Å². The third-order valence-electron chi connectivity index (χ3n) is 3.78. The van der Waals surface area contributed by atoms with Crippen LogP contribution in [0.4, 0.5) is 4.79 Å². The van der Waals surface area contributed by atoms with Crippen molar-refractivity contribution in [3.05, 3.63) is 41.9 Å². The fourth-order valence-electron chi connectivity index (χ4n) is 2.52. The Kier molecular flexibility index (Phi) is 5.97. The molecule has 1 aromatic heterocycles. The van der Waals surface area contributed by atoms with Crippen LogP contribution in [0, 0.1) is 0 Å². The van der Waals surface area contributed by atoms with Gasteiger partial charge in [0.1, 0.15) is 12.1 Å². The largest absolute Gasteiger partial charge is 0.495 e. The Hall–Kier alpha value is -3.01. The van der Waals surface area contributed by atoms with E-state index < -0.39 is 5.97 Å². The summed E-state index contributed by atoms with van der Waals surface area (Å²) in [6.45, 7) is 2.12. The quantitative estimate of drug-likeness (QED) is 0.546. The minimum atomic E-state index is -0.452. The molecule has 0 saturated heterocycles. The lowest BCUT2D eigenvalue weighted by Crippen LogP contribution is -2.44. The molecule has 3 rings (SSSR count). The summed E-state index contributed by atoms with van der Waals surface area (Å²) >= 11 is 1.34. The zero-order valence-electron chi connectivity index (χ0n) is 14.9. The van der Waals surface area contributed by atoms with Gasteiger partial charge in [0.15, 0.2) is 5.16 Å². The predicted octanol–water partition coefficient (Wildman–Crippen LogP) is 1.50. The normalized spacial score (nSPS) is 13.8. The number of carbonyl (C=O) groups is 2. The zero-order valence-corrected chi connectivity index (χ0v) is 15.7. The Morgan fingerprint density at radius 3 is 2.96 bits per heavy atom. The molecule has 9 nitrogen and oxygen atoms in total. The second kappa shape index (κ2) is 8.58. The van der Waals surface area contributed by atoms with Crippen LogP contribution in [0.1, 0.15) is 6.92 Å². The summed E-state index contributed by atoms with van der Waals surface area (Å²) < 4.78 is 12.2. The minimum Gasteiger partial charge on any atom is -0.495 e. The minimum absolute atomic E-state index is 0.125. The van der Waals surface area contributed by atoms with Crippen LogP contribution in [-0.2, 0) is 9.53 Å². The number of para-hydroxylation sites is 2. The molecule has 10 heteroatoms. The van der Waals surface area contributed by atoms with Crippen molar-refractivity contribution < 1.29 is 19.1 Å². The Labute approximate surface area is 160 Å². The van der Waals surface area contributed by atoms with E-state index in [0.717, 1.165) is 5.69 Å². The number of methoxy groups -OCH3 is 1. The van der Waals surface area contributed by atoms with Gasteiger partial charge in [-0.05, 0) is 19.1 Å². The molecule has 2 amide bonds. The molecular weight excluding hydrogens is 370 g/mol. The number of nitrogens with zero attached hydrogens (tertiary/aromatic N) is 3. The first-order valence-corrected chi connectivity index (χ1v) is 9.22. The van der Waals surface area contributed by atoms with Gasteiger partial charge in [-0.3, -0.25) is 4.57 Å². The summed E-state index contributed by atoms with van der Waals surface area (Å²) in [5.41, 5.74) is 1.69. The third-order valence-corrected chi connectivity index (χ3v) is 4.75. The maximum absolute atomic E-state index is 12.1. The summed E-state index contributed by atoms with van der Waals surface area (Å²) in [5.74, 6) is 0.558. The summed E-state index contributed by atoms with van der Waals surface area (Å²) in [6, 6.07) is 7.14. The molecule has 2 heterocycles. The van der Waals surface area contributed by atoms with Crippen LogP contribution in [0.25, 0.3) is 5.69 Å². The Morgan fingerprint density at radius 1 is 1.37 bits per heavy atom. The van der Waals surface area contributed by atoms with Crippen LogP contribution in [0.5, 0.6) is 5.75 Å². The van der Waals surface area contributed by atoms with Crippen molar-refractivity contribution in [2.24, 2.45) is 0 Å². The predicted molar refractivity (Wildman–Crippen MR) is 98.8 cm³/mol. The van der Waals surface area contributed by atoms with Gasteiger partial charge in [-0.15, -0.1) is 10.2 Å². The van der Waals surface area contributed by atoms with Gasteiger partial charge >= 0.3 is 12.0 Å². The second-order valence-electron chi connectivity index (χ2n) is 5.43. The van der Waals surface area contributed by atoms with Gasteiger partial charge in [0.25, 0.3) is 0 Å². The molecule has 0 spiro atoms. The third kappa shape index (κ3) is 4.22. The molecule has 1 aliphatic rings. The summed E-state index contributed by atoms with van der Waals surface area (Å²) in [6.07, 6.45) is 1.59. The number of carbonyl (C=O) groups excluding carboxylic acids is 2. The zero-order chi connectivity index (χ0) is 19.2. The lowest BCUT2D eigenvalue weighted by molar-refractivity contribution is -0.138. The first kappa shape index (κ1) is 18.8. The number of hydrogen-bond donors (Lipinski definition) is 2. The highest BCUT2D eigenvalue weighted by atomic mass is 32.2. The van der Waals surface area contributed by atoms with Gasteiger partial charge in [-0.2, -0.15) is 0 Å². The highest BCUT2D eigenvalue weighted by Crippen LogP contribution is 2.27. The number of aromatic nitrogens is 3. The van der Waals surface area contributed by atoms with Gasteiger partial charge in [-0.1, -0.05) is 23.9 Å². The van der Waals surface area contributed by atoms with Crippen molar-refractivity contribution in [1.82, 2.24) is 25.4 Å². The van der Waals surface area contributed by atoms with E-state index in [9.17, 15) is 9.59 Å². The van der Waals surface area contributed by atoms with Gasteiger partial charge in [0.05, 0.1) is 31.5 Å². The van der Waals surface area contributed by atoms with Gasteiger partial charge in [0, 0.05) is 11.4 Å². The molecule has 1 aromatic carbocycles. The number of benzene rings is 1. The smallest absolute Gasteiger partial charge is 0.337 e. The average Bonchev–Trinajstić information content (AvgIpc) is 3.15. The Balaban J connectivity index is 1.83. The summed E-state index contributed by atoms with van der Waals surface area (Å²) in [7, 11) is 1.59. The van der Waals surface area contributed by atoms with Crippen LogP contribution in [0.3, 0.4) is 0 Å². The van der Waals surface area contributed by atoms with Crippen LogP contribution < -0.4 is 15.4 Å². The highest BCUT2D eigenvalue weighted by molar-refractivity contribution is 7.99. The van der Waals surface area contributed by atoms with Crippen molar-refractivity contribution in [3.8, 4) is 11.4 Å². The molecule has 27 heavy (non-hydrogen) atoms. The van der Waals surface area contributed by atoms with Crippen molar-refractivity contribution in [3.63, 3.8) is 0 Å². The molecule has 0 atom stereocenters. The van der Waals surface area contributed by atoms with E-state index >= 15 is 0 Å². The van der Waals surface area contributed by atoms with Crippen molar-refractivity contribution in [2.45, 2.75) is 12.1 Å². The Morgan fingerprint density at radius 2 is 2.19 bits per heavy atom. The van der Waals surface area contributed by atoms with Crippen molar-refractivity contribution >= 4 is 23.8 Å². The number of thioether (sulfide) groups is 1. The first-order valence-electron chi connectivity index (χ1n) is 8.24. The van der Waals surface area contributed by atoms with Crippen molar-refractivity contribution in [2.75, 3.05) is 26.0 Å². The number of hydrogen-bond acceptors (Lipinski definition) is 7. The molecule has 0 aliphatic carbocycles. The van der Waals surface area contributed by atoms with Crippen LogP contribution in [-0.4, -0.2) is 52.8 Å². The van der Waals surface area contributed by atoms with E-state index in [1.165, 1.54) is 11.8 Å². The number of urea groups is 1.